The van der Waals surface area contributed by atoms with Gasteiger partial charge in [0.15, 0.2) is 0 Å². The highest BCUT2D eigenvalue weighted by Gasteiger charge is 2.13. The lowest BCUT2D eigenvalue weighted by Gasteiger charge is -2.20. The standard InChI is InChI=1S/C10H22O6/c1-8(3-11)15-6-10(14-2)7-16-9(4-12)5-13/h8-13H,3-7H2,1-2H3. The molecular weight excluding hydrogens is 216 g/mol. The third kappa shape index (κ3) is 7.10. The Morgan fingerprint density at radius 1 is 0.875 bits per heavy atom. The van der Waals surface area contributed by atoms with Crippen LogP contribution in [0.3, 0.4) is 0 Å². The molecule has 0 spiro atoms. The number of methoxy groups -OCH3 is 1. The maximum atomic E-state index is 8.78. The van der Waals surface area contributed by atoms with Gasteiger partial charge in [0.05, 0.1) is 39.1 Å². The van der Waals surface area contributed by atoms with E-state index in [9.17, 15) is 0 Å². The molecule has 0 aliphatic rings. The summed E-state index contributed by atoms with van der Waals surface area (Å²) in [7, 11) is 1.52. The number of aliphatic hydroxyl groups excluding tert-OH is 3. The minimum absolute atomic E-state index is 0.0484. The number of hydrogen-bond acceptors (Lipinski definition) is 6. The molecule has 3 N–H and O–H groups in total. The Kier molecular flexibility index (Phi) is 9.80. The van der Waals surface area contributed by atoms with E-state index in [1.807, 2.05) is 0 Å². The number of aliphatic hydroxyl groups is 3. The van der Waals surface area contributed by atoms with Gasteiger partial charge in [-0.15, -0.1) is 0 Å². The van der Waals surface area contributed by atoms with Gasteiger partial charge in [0.25, 0.3) is 0 Å². The highest BCUT2D eigenvalue weighted by atomic mass is 16.6. The molecule has 0 aliphatic carbocycles. The molecule has 0 fully saturated rings. The first kappa shape index (κ1) is 15.8. The number of ether oxygens (including phenoxy) is 3. The molecule has 0 aromatic heterocycles. The molecule has 0 saturated heterocycles. The SMILES string of the molecule is COC(COC(C)CO)COC(CO)CO. The average Bonchev–Trinajstić information content (AvgIpc) is 2.33. The summed E-state index contributed by atoms with van der Waals surface area (Å²) >= 11 is 0. The van der Waals surface area contributed by atoms with Crippen LogP contribution in [0, 0.1) is 0 Å². The van der Waals surface area contributed by atoms with E-state index in [1.54, 1.807) is 6.92 Å². The Morgan fingerprint density at radius 3 is 1.88 bits per heavy atom. The first-order valence-corrected chi connectivity index (χ1v) is 5.26. The summed E-state index contributed by atoms with van der Waals surface area (Å²) in [5, 5.41) is 26.3. The van der Waals surface area contributed by atoms with E-state index in [1.165, 1.54) is 7.11 Å². The molecule has 0 saturated carbocycles. The van der Waals surface area contributed by atoms with Crippen LogP contribution in [-0.2, 0) is 14.2 Å². The molecule has 6 nitrogen and oxygen atoms in total. The van der Waals surface area contributed by atoms with Crippen molar-refractivity contribution < 1.29 is 29.5 Å². The van der Waals surface area contributed by atoms with Crippen molar-refractivity contribution in [2.45, 2.75) is 25.2 Å². The predicted molar refractivity (Wildman–Crippen MR) is 57.2 cm³/mol. The summed E-state index contributed by atoms with van der Waals surface area (Å²) < 4.78 is 15.5. The highest BCUT2D eigenvalue weighted by molar-refractivity contribution is 4.60. The zero-order valence-electron chi connectivity index (χ0n) is 9.83. The van der Waals surface area contributed by atoms with Gasteiger partial charge < -0.3 is 29.5 Å². The fourth-order valence-electron chi connectivity index (χ4n) is 0.915. The molecule has 98 valence electrons. The Hall–Kier alpha value is -0.240. The van der Waals surface area contributed by atoms with E-state index in [0.29, 0.717) is 6.61 Å². The van der Waals surface area contributed by atoms with E-state index in [4.69, 9.17) is 29.5 Å². The molecule has 0 aliphatic heterocycles. The molecule has 2 unspecified atom stereocenters. The van der Waals surface area contributed by atoms with Gasteiger partial charge in [0, 0.05) is 7.11 Å². The van der Waals surface area contributed by atoms with Gasteiger partial charge in [-0.2, -0.15) is 0 Å². The Bertz CT molecular complexity index is 150. The minimum atomic E-state index is -0.590. The van der Waals surface area contributed by atoms with Gasteiger partial charge >= 0.3 is 0 Å². The van der Waals surface area contributed by atoms with Crippen molar-refractivity contribution in [2.75, 3.05) is 40.1 Å². The predicted octanol–water partition coefficient (Wildman–Crippen LogP) is -1.23. The van der Waals surface area contributed by atoms with Crippen LogP contribution in [0.25, 0.3) is 0 Å². The summed E-state index contributed by atoms with van der Waals surface area (Å²) in [6, 6.07) is 0. The van der Waals surface area contributed by atoms with Crippen LogP contribution in [0.15, 0.2) is 0 Å². The van der Waals surface area contributed by atoms with Gasteiger partial charge in [-0.25, -0.2) is 0 Å². The molecule has 2 atom stereocenters. The summed E-state index contributed by atoms with van der Waals surface area (Å²) in [6.07, 6.45) is -1.12. The van der Waals surface area contributed by atoms with E-state index < -0.39 is 6.10 Å². The summed E-state index contributed by atoms with van der Waals surface area (Å²) in [5.74, 6) is 0. The van der Waals surface area contributed by atoms with Crippen molar-refractivity contribution in [3.05, 3.63) is 0 Å². The second kappa shape index (κ2) is 9.95. The normalized spacial score (nSPS) is 15.4. The molecule has 0 rings (SSSR count). The molecule has 0 radical (unpaired) electrons. The van der Waals surface area contributed by atoms with Crippen molar-refractivity contribution in [3.8, 4) is 0 Å². The van der Waals surface area contributed by atoms with Crippen molar-refractivity contribution in [3.63, 3.8) is 0 Å². The number of rotatable bonds is 10. The van der Waals surface area contributed by atoms with Crippen molar-refractivity contribution in [2.24, 2.45) is 0 Å². The minimum Gasteiger partial charge on any atom is -0.394 e. The lowest BCUT2D eigenvalue weighted by molar-refractivity contribution is -0.0962. The fourth-order valence-corrected chi connectivity index (χ4v) is 0.915. The lowest BCUT2D eigenvalue weighted by Crippen LogP contribution is -2.32. The summed E-state index contributed by atoms with van der Waals surface area (Å²) in [6.45, 7) is 1.74. The van der Waals surface area contributed by atoms with Crippen LogP contribution in [0.2, 0.25) is 0 Å². The Balaban J connectivity index is 3.73. The molecule has 0 aromatic rings. The van der Waals surface area contributed by atoms with Crippen LogP contribution in [-0.4, -0.2) is 73.8 Å². The monoisotopic (exact) mass is 238 g/mol. The Morgan fingerprint density at radius 2 is 1.44 bits per heavy atom. The molecule has 6 heteroatoms. The largest absolute Gasteiger partial charge is 0.394 e. The molecular formula is C10H22O6. The molecule has 16 heavy (non-hydrogen) atoms. The Labute approximate surface area is 95.7 Å². The van der Waals surface area contributed by atoms with Crippen LogP contribution < -0.4 is 0 Å². The average molecular weight is 238 g/mol. The first-order chi connectivity index (χ1) is 7.67. The highest BCUT2D eigenvalue weighted by Crippen LogP contribution is 1.99. The first-order valence-electron chi connectivity index (χ1n) is 5.26. The van der Waals surface area contributed by atoms with Gasteiger partial charge in [0.1, 0.15) is 12.2 Å². The van der Waals surface area contributed by atoms with Crippen molar-refractivity contribution in [1.29, 1.82) is 0 Å². The lowest BCUT2D eigenvalue weighted by atomic mass is 10.3. The quantitative estimate of drug-likeness (QED) is 0.441. The van der Waals surface area contributed by atoms with Crippen molar-refractivity contribution in [1.82, 2.24) is 0 Å². The second-order valence-electron chi connectivity index (χ2n) is 3.50. The van der Waals surface area contributed by atoms with Gasteiger partial charge in [-0.1, -0.05) is 0 Å². The molecule has 0 heterocycles. The van der Waals surface area contributed by atoms with E-state index in [0.717, 1.165) is 0 Å². The van der Waals surface area contributed by atoms with E-state index in [2.05, 4.69) is 0 Å². The van der Waals surface area contributed by atoms with Crippen LogP contribution in [0.1, 0.15) is 6.92 Å². The third-order valence-corrected chi connectivity index (χ3v) is 2.08. The fraction of sp³-hybridized carbons (Fsp3) is 1.00. The topological polar surface area (TPSA) is 88.4 Å². The van der Waals surface area contributed by atoms with Gasteiger partial charge in [-0.05, 0) is 6.92 Å². The number of hydrogen-bond donors (Lipinski definition) is 3. The molecule has 0 amide bonds. The smallest absolute Gasteiger partial charge is 0.104 e. The van der Waals surface area contributed by atoms with Gasteiger partial charge in [-0.3, -0.25) is 0 Å². The van der Waals surface area contributed by atoms with Crippen molar-refractivity contribution >= 4 is 0 Å². The zero-order chi connectivity index (χ0) is 12.4. The van der Waals surface area contributed by atoms with Crippen LogP contribution >= 0.6 is 0 Å². The van der Waals surface area contributed by atoms with E-state index >= 15 is 0 Å². The van der Waals surface area contributed by atoms with Crippen LogP contribution in [0.4, 0.5) is 0 Å². The molecule has 0 bridgehead atoms. The maximum Gasteiger partial charge on any atom is 0.104 e. The molecule has 0 aromatic carbocycles. The third-order valence-electron chi connectivity index (χ3n) is 2.08. The second-order valence-corrected chi connectivity index (χ2v) is 3.50. The zero-order valence-corrected chi connectivity index (χ0v) is 9.83. The summed E-state index contributed by atoms with van der Waals surface area (Å²) in [5.41, 5.74) is 0. The van der Waals surface area contributed by atoms with Crippen LogP contribution in [0.5, 0.6) is 0 Å². The summed E-state index contributed by atoms with van der Waals surface area (Å²) in [4.78, 5) is 0. The van der Waals surface area contributed by atoms with E-state index in [-0.39, 0.29) is 38.6 Å². The maximum absolute atomic E-state index is 8.78. The van der Waals surface area contributed by atoms with Gasteiger partial charge in [0.2, 0.25) is 0 Å².